The average Bonchev–Trinajstić information content (AvgIpc) is 2.71. The monoisotopic (exact) mass is 274 g/mol. The van der Waals surface area contributed by atoms with E-state index in [1.54, 1.807) is 0 Å². The Kier molecular flexibility index (Phi) is 5.45. The fourth-order valence-electron chi connectivity index (χ4n) is 2.64. The van der Waals surface area contributed by atoms with Crippen LogP contribution < -0.4 is 5.32 Å². The lowest BCUT2D eigenvalue weighted by atomic mass is 10.1. The molecule has 1 amide bonds. The highest BCUT2D eigenvalue weighted by atomic mass is 16.2. The molecule has 0 spiro atoms. The molecule has 3 nitrogen and oxygen atoms in total. The molecule has 0 aliphatic carbocycles. The first-order valence-corrected chi connectivity index (χ1v) is 7.76. The van der Waals surface area contributed by atoms with Gasteiger partial charge in [0.05, 0.1) is 0 Å². The zero-order chi connectivity index (χ0) is 14.4. The normalized spacial score (nSPS) is 15.8. The second kappa shape index (κ2) is 7.32. The first-order valence-electron chi connectivity index (χ1n) is 7.76. The zero-order valence-electron chi connectivity index (χ0n) is 12.7. The minimum atomic E-state index is 0.295. The van der Waals surface area contributed by atoms with Crippen molar-refractivity contribution in [1.82, 2.24) is 4.90 Å². The Hall–Kier alpha value is -1.51. The summed E-state index contributed by atoms with van der Waals surface area (Å²) in [6.45, 7) is 6.84. The van der Waals surface area contributed by atoms with E-state index in [-0.39, 0.29) is 0 Å². The molecule has 110 valence electrons. The molecule has 1 saturated heterocycles. The number of benzene rings is 1. The quantitative estimate of drug-likeness (QED) is 0.911. The summed E-state index contributed by atoms with van der Waals surface area (Å²) in [5.74, 6) is 0.295. The van der Waals surface area contributed by atoms with Gasteiger partial charge in [0.2, 0.25) is 5.91 Å². The van der Waals surface area contributed by atoms with Gasteiger partial charge in [0.1, 0.15) is 0 Å². The van der Waals surface area contributed by atoms with Gasteiger partial charge in [0, 0.05) is 31.7 Å². The van der Waals surface area contributed by atoms with Crippen LogP contribution in [0.15, 0.2) is 18.2 Å². The van der Waals surface area contributed by atoms with E-state index in [4.69, 9.17) is 0 Å². The Morgan fingerprint density at radius 2 is 1.80 bits per heavy atom. The van der Waals surface area contributed by atoms with E-state index in [1.165, 1.54) is 24.0 Å². The molecule has 20 heavy (non-hydrogen) atoms. The van der Waals surface area contributed by atoms with Gasteiger partial charge in [0.15, 0.2) is 0 Å². The summed E-state index contributed by atoms with van der Waals surface area (Å²) >= 11 is 0. The Labute approximate surface area is 122 Å². The van der Waals surface area contributed by atoms with Gasteiger partial charge in [0.25, 0.3) is 0 Å². The van der Waals surface area contributed by atoms with Crippen LogP contribution in [0.5, 0.6) is 0 Å². The van der Waals surface area contributed by atoms with Crippen LogP contribution in [-0.2, 0) is 4.79 Å². The number of amides is 1. The van der Waals surface area contributed by atoms with E-state index >= 15 is 0 Å². The van der Waals surface area contributed by atoms with E-state index in [9.17, 15) is 4.79 Å². The molecule has 0 atom stereocenters. The Morgan fingerprint density at radius 1 is 1.10 bits per heavy atom. The molecule has 1 aromatic rings. The van der Waals surface area contributed by atoms with Gasteiger partial charge >= 0.3 is 0 Å². The highest BCUT2D eigenvalue weighted by Crippen LogP contribution is 2.14. The van der Waals surface area contributed by atoms with Crippen LogP contribution >= 0.6 is 0 Å². The molecule has 0 radical (unpaired) electrons. The van der Waals surface area contributed by atoms with Gasteiger partial charge in [-0.05, 0) is 49.9 Å². The molecule has 1 fully saturated rings. The number of carbonyl (C=O) groups excluding carboxylic acids is 1. The van der Waals surface area contributed by atoms with Crippen molar-refractivity contribution in [1.29, 1.82) is 0 Å². The number of aryl methyl sites for hydroxylation is 2. The Morgan fingerprint density at radius 3 is 2.45 bits per heavy atom. The minimum absolute atomic E-state index is 0.295. The standard InChI is InChI=1S/C17H26N2O/c1-14-7-8-16(13-15(14)2)18-10-9-17(20)19-11-5-3-4-6-12-19/h7-8,13,18H,3-6,9-12H2,1-2H3. The maximum absolute atomic E-state index is 12.1. The number of nitrogens with one attached hydrogen (secondary N) is 1. The molecule has 1 aliphatic rings. The van der Waals surface area contributed by atoms with Gasteiger partial charge < -0.3 is 10.2 Å². The number of likely N-dealkylation sites (tertiary alicyclic amines) is 1. The average molecular weight is 274 g/mol. The van der Waals surface area contributed by atoms with Crippen LogP contribution in [0.3, 0.4) is 0 Å². The number of carbonyl (C=O) groups is 1. The molecule has 0 aromatic heterocycles. The number of anilines is 1. The van der Waals surface area contributed by atoms with Crippen molar-refractivity contribution in [2.75, 3.05) is 25.0 Å². The lowest BCUT2D eigenvalue weighted by molar-refractivity contribution is -0.130. The van der Waals surface area contributed by atoms with Gasteiger partial charge in [-0.15, -0.1) is 0 Å². The summed E-state index contributed by atoms with van der Waals surface area (Å²) in [4.78, 5) is 14.2. The second-order valence-electron chi connectivity index (χ2n) is 5.77. The lowest BCUT2D eigenvalue weighted by Gasteiger charge is -2.20. The van der Waals surface area contributed by atoms with Crippen LogP contribution in [0, 0.1) is 13.8 Å². The predicted octanol–water partition coefficient (Wildman–Crippen LogP) is 3.51. The SMILES string of the molecule is Cc1ccc(NCCC(=O)N2CCCCCC2)cc1C. The van der Waals surface area contributed by atoms with Crippen molar-refractivity contribution >= 4 is 11.6 Å². The van der Waals surface area contributed by atoms with E-state index in [2.05, 4.69) is 37.4 Å². The maximum atomic E-state index is 12.1. The molecule has 1 aromatic carbocycles. The van der Waals surface area contributed by atoms with E-state index in [0.717, 1.165) is 38.2 Å². The number of rotatable bonds is 4. The summed E-state index contributed by atoms with van der Waals surface area (Å²) < 4.78 is 0. The molecule has 0 bridgehead atoms. The number of nitrogens with zero attached hydrogens (tertiary/aromatic N) is 1. The van der Waals surface area contributed by atoms with Crippen molar-refractivity contribution in [3.05, 3.63) is 29.3 Å². The van der Waals surface area contributed by atoms with Crippen molar-refractivity contribution < 1.29 is 4.79 Å². The molecule has 0 saturated carbocycles. The largest absolute Gasteiger partial charge is 0.385 e. The zero-order valence-corrected chi connectivity index (χ0v) is 12.7. The third-order valence-electron chi connectivity index (χ3n) is 4.13. The van der Waals surface area contributed by atoms with E-state index < -0.39 is 0 Å². The first-order chi connectivity index (χ1) is 9.66. The number of hydrogen-bond donors (Lipinski definition) is 1. The molecule has 1 heterocycles. The summed E-state index contributed by atoms with van der Waals surface area (Å²) in [7, 11) is 0. The van der Waals surface area contributed by atoms with Crippen LogP contribution in [0.25, 0.3) is 0 Å². The van der Waals surface area contributed by atoms with E-state index in [0.29, 0.717) is 12.3 Å². The fraction of sp³-hybridized carbons (Fsp3) is 0.588. The minimum Gasteiger partial charge on any atom is -0.385 e. The third kappa shape index (κ3) is 4.26. The summed E-state index contributed by atoms with van der Waals surface area (Å²) in [6, 6.07) is 6.35. The third-order valence-corrected chi connectivity index (χ3v) is 4.13. The summed E-state index contributed by atoms with van der Waals surface area (Å²) in [5.41, 5.74) is 3.70. The van der Waals surface area contributed by atoms with Gasteiger partial charge in [-0.25, -0.2) is 0 Å². The Bertz CT molecular complexity index is 448. The molecule has 0 unspecified atom stereocenters. The second-order valence-corrected chi connectivity index (χ2v) is 5.77. The fourth-order valence-corrected chi connectivity index (χ4v) is 2.64. The molecule has 1 N–H and O–H groups in total. The summed E-state index contributed by atoms with van der Waals surface area (Å²) in [5, 5.41) is 3.35. The lowest BCUT2D eigenvalue weighted by Crippen LogP contribution is -2.32. The molecular formula is C17H26N2O. The Balaban J connectivity index is 1.76. The number of hydrogen-bond acceptors (Lipinski definition) is 2. The topological polar surface area (TPSA) is 32.3 Å². The smallest absolute Gasteiger partial charge is 0.224 e. The van der Waals surface area contributed by atoms with Crippen molar-refractivity contribution in [2.24, 2.45) is 0 Å². The van der Waals surface area contributed by atoms with Gasteiger partial charge in [-0.2, -0.15) is 0 Å². The van der Waals surface area contributed by atoms with E-state index in [1.807, 2.05) is 4.90 Å². The van der Waals surface area contributed by atoms with Gasteiger partial charge in [-0.3, -0.25) is 4.79 Å². The molecule has 2 rings (SSSR count). The van der Waals surface area contributed by atoms with Crippen molar-refractivity contribution in [3.8, 4) is 0 Å². The molecule has 1 aliphatic heterocycles. The summed E-state index contributed by atoms with van der Waals surface area (Å²) in [6.07, 6.45) is 5.45. The first kappa shape index (κ1) is 14.9. The van der Waals surface area contributed by atoms with Crippen molar-refractivity contribution in [3.63, 3.8) is 0 Å². The molecular weight excluding hydrogens is 248 g/mol. The van der Waals surface area contributed by atoms with Crippen LogP contribution in [0.2, 0.25) is 0 Å². The van der Waals surface area contributed by atoms with Crippen LogP contribution in [0.4, 0.5) is 5.69 Å². The van der Waals surface area contributed by atoms with Gasteiger partial charge in [-0.1, -0.05) is 18.9 Å². The highest BCUT2D eigenvalue weighted by molar-refractivity contribution is 5.76. The van der Waals surface area contributed by atoms with Crippen LogP contribution in [-0.4, -0.2) is 30.4 Å². The highest BCUT2D eigenvalue weighted by Gasteiger charge is 2.14. The molecule has 3 heteroatoms. The van der Waals surface area contributed by atoms with Crippen LogP contribution in [0.1, 0.15) is 43.2 Å². The van der Waals surface area contributed by atoms with Crippen molar-refractivity contribution in [2.45, 2.75) is 46.0 Å². The predicted molar refractivity (Wildman–Crippen MR) is 84.1 cm³/mol. The maximum Gasteiger partial charge on any atom is 0.224 e.